The maximum atomic E-state index is 11.8. The van der Waals surface area contributed by atoms with Crippen LogP contribution in [0.15, 0.2) is 4.79 Å². The van der Waals surface area contributed by atoms with E-state index in [-0.39, 0.29) is 5.43 Å². The highest BCUT2D eigenvalue weighted by atomic mass is 32.1. The Morgan fingerprint density at radius 2 is 1.86 bits per heavy atom. The van der Waals surface area contributed by atoms with E-state index in [1.54, 1.807) is 6.92 Å². The lowest BCUT2D eigenvalue weighted by Gasteiger charge is -1.99. The molecule has 0 N–H and O–H groups in total. The van der Waals surface area contributed by atoms with Gasteiger partial charge in [0.2, 0.25) is 5.43 Å². The standard InChI is InChI=1S/C9H9N3OS/c1-4-5(2)14-9-7(8(4)13)10-6(3)11-12-9/h1-3H3. The number of hydrogen-bond acceptors (Lipinski definition) is 5. The van der Waals surface area contributed by atoms with Crippen molar-refractivity contribution in [2.75, 3.05) is 0 Å². The molecule has 0 aromatic carbocycles. The second kappa shape index (κ2) is 3.09. The summed E-state index contributed by atoms with van der Waals surface area (Å²) in [4.78, 5) is 17.5. The molecule has 0 unspecified atom stereocenters. The minimum absolute atomic E-state index is 0.0331. The first-order valence-electron chi connectivity index (χ1n) is 4.21. The fourth-order valence-electron chi connectivity index (χ4n) is 1.17. The fraction of sp³-hybridized carbons (Fsp3) is 0.333. The summed E-state index contributed by atoms with van der Waals surface area (Å²) in [6.07, 6.45) is 0. The second-order valence-corrected chi connectivity index (χ2v) is 4.33. The molecule has 2 aromatic rings. The van der Waals surface area contributed by atoms with Crippen LogP contribution in [0.3, 0.4) is 0 Å². The molecule has 72 valence electrons. The van der Waals surface area contributed by atoms with Crippen molar-refractivity contribution in [2.24, 2.45) is 0 Å². The molecule has 0 atom stereocenters. The van der Waals surface area contributed by atoms with Crippen molar-refractivity contribution >= 4 is 21.7 Å². The van der Waals surface area contributed by atoms with Crippen LogP contribution in [0.4, 0.5) is 0 Å². The normalized spacial score (nSPS) is 10.8. The Bertz CT molecular complexity index is 562. The van der Waals surface area contributed by atoms with E-state index in [9.17, 15) is 4.79 Å². The highest BCUT2D eigenvalue weighted by molar-refractivity contribution is 7.17. The van der Waals surface area contributed by atoms with Gasteiger partial charge in [0, 0.05) is 10.4 Å². The molecule has 0 fully saturated rings. The number of aryl methyl sites for hydroxylation is 2. The van der Waals surface area contributed by atoms with Gasteiger partial charge in [-0.15, -0.1) is 21.5 Å². The van der Waals surface area contributed by atoms with Gasteiger partial charge in [0.1, 0.15) is 5.82 Å². The third kappa shape index (κ3) is 1.29. The molecule has 2 rings (SSSR count). The molecule has 0 spiro atoms. The fourth-order valence-corrected chi connectivity index (χ4v) is 2.03. The van der Waals surface area contributed by atoms with E-state index in [4.69, 9.17) is 0 Å². The van der Waals surface area contributed by atoms with E-state index in [1.807, 2.05) is 13.8 Å². The highest BCUT2D eigenvalue weighted by Gasteiger charge is 2.08. The van der Waals surface area contributed by atoms with Crippen molar-refractivity contribution in [3.63, 3.8) is 0 Å². The number of fused-ring (bicyclic) bond motifs is 1. The molecule has 4 nitrogen and oxygen atoms in total. The molecule has 0 aliphatic heterocycles. The van der Waals surface area contributed by atoms with Crippen molar-refractivity contribution < 1.29 is 0 Å². The summed E-state index contributed by atoms with van der Waals surface area (Å²) >= 11 is 1.46. The van der Waals surface area contributed by atoms with Gasteiger partial charge in [-0.05, 0) is 20.8 Å². The molecular weight excluding hydrogens is 198 g/mol. The summed E-state index contributed by atoms with van der Waals surface area (Å²) in [5.41, 5.74) is 1.15. The molecule has 0 bridgehead atoms. The number of nitrogens with zero attached hydrogens (tertiary/aromatic N) is 3. The van der Waals surface area contributed by atoms with Gasteiger partial charge in [-0.25, -0.2) is 4.98 Å². The van der Waals surface area contributed by atoms with Gasteiger partial charge in [-0.3, -0.25) is 4.79 Å². The lowest BCUT2D eigenvalue weighted by atomic mass is 10.2. The van der Waals surface area contributed by atoms with Crippen molar-refractivity contribution in [1.82, 2.24) is 15.2 Å². The molecular formula is C9H9N3OS. The Morgan fingerprint density at radius 1 is 1.14 bits per heavy atom. The lowest BCUT2D eigenvalue weighted by Crippen LogP contribution is -2.10. The summed E-state index contributed by atoms with van der Waals surface area (Å²) in [6, 6.07) is 0. The van der Waals surface area contributed by atoms with E-state index >= 15 is 0 Å². The summed E-state index contributed by atoms with van der Waals surface area (Å²) in [6.45, 7) is 5.44. The Labute approximate surface area is 84.6 Å². The monoisotopic (exact) mass is 207 g/mol. The van der Waals surface area contributed by atoms with Gasteiger partial charge in [0.15, 0.2) is 10.3 Å². The maximum Gasteiger partial charge on any atom is 0.211 e. The van der Waals surface area contributed by atoms with Gasteiger partial charge in [-0.2, -0.15) is 0 Å². The molecule has 0 radical (unpaired) electrons. The Balaban J connectivity index is 2.99. The van der Waals surface area contributed by atoms with Gasteiger partial charge in [-0.1, -0.05) is 0 Å². The van der Waals surface area contributed by atoms with Crippen LogP contribution in [-0.2, 0) is 0 Å². The largest absolute Gasteiger partial charge is 0.287 e. The molecule has 0 saturated carbocycles. The number of hydrogen-bond donors (Lipinski definition) is 0. The molecule has 0 aliphatic carbocycles. The smallest absolute Gasteiger partial charge is 0.211 e. The zero-order valence-corrected chi connectivity index (χ0v) is 8.97. The predicted molar refractivity (Wildman–Crippen MR) is 55.7 cm³/mol. The van der Waals surface area contributed by atoms with Crippen LogP contribution in [0.25, 0.3) is 10.3 Å². The topological polar surface area (TPSA) is 55.7 Å². The van der Waals surface area contributed by atoms with Crippen molar-refractivity contribution in [1.29, 1.82) is 0 Å². The molecule has 0 saturated heterocycles. The zero-order valence-electron chi connectivity index (χ0n) is 8.16. The second-order valence-electron chi connectivity index (χ2n) is 3.13. The SMILES string of the molecule is Cc1nnc2sc(C)c(C)c(=O)c2n1. The quantitative estimate of drug-likeness (QED) is 0.654. The van der Waals surface area contributed by atoms with Gasteiger partial charge in [0.05, 0.1) is 0 Å². The Hall–Kier alpha value is -1.36. The highest BCUT2D eigenvalue weighted by Crippen LogP contribution is 2.16. The molecule has 2 aromatic heterocycles. The molecule has 5 heteroatoms. The van der Waals surface area contributed by atoms with Crippen LogP contribution in [0.1, 0.15) is 16.3 Å². The average Bonchev–Trinajstić information content (AvgIpc) is 2.16. The average molecular weight is 207 g/mol. The maximum absolute atomic E-state index is 11.8. The number of rotatable bonds is 0. The van der Waals surface area contributed by atoms with E-state index in [0.29, 0.717) is 16.2 Å². The van der Waals surface area contributed by atoms with Gasteiger partial charge >= 0.3 is 0 Å². The molecule has 0 aliphatic rings. The summed E-state index contributed by atoms with van der Waals surface area (Å²) in [7, 11) is 0. The predicted octanol–water partition coefficient (Wildman–Crippen LogP) is 1.37. The van der Waals surface area contributed by atoms with Crippen LogP contribution in [0.2, 0.25) is 0 Å². The first kappa shape index (κ1) is 9.21. The van der Waals surface area contributed by atoms with E-state index < -0.39 is 0 Å². The van der Waals surface area contributed by atoms with Crippen LogP contribution in [0, 0.1) is 20.8 Å². The molecule has 0 amide bonds. The van der Waals surface area contributed by atoms with E-state index in [0.717, 1.165) is 10.4 Å². The van der Waals surface area contributed by atoms with Crippen LogP contribution >= 0.6 is 11.3 Å². The number of aromatic nitrogens is 3. The van der Waals surface area contributed by atoms with Crippen molar-refractivity contribution in [3.05, 3.63) is 26.5 Å². The first-order chi connectivity index (χ1) is 6.59. The lowest BCUT2D eigenvalue weighted by molar-refractivity contribution is 0.955. The summed E-state index contributed by atoms with van der Waals surface area (Å²) in [5, 5.41) is 7.78. The Kier molecular flexibility index (Phi) is 2.03. The van der Waals surface area contributed by atoms with Crippen molar-refractivity contribution in [3.8, 4) is 0 Å². The minimum atomic E-state index is -0.0331. The van der Waals surface area contributed by atoms with Gasteiger partial charge < -0.3 is 0 Å². The minimum Gasteiger partial charge on any atom is -0.287 e. The zero-order chi connectivity index (χ0) is 10.3. The molecule has 14 heavy (non-hydrogen) atoms. The molecule has 2 heterocycles. The van der Waals surface area contributed by atoms with E-state index in [2.05, 4.69) is 15.2 Å². The van der Waals surface area contributed by atoms with Crippen molar-refractivity contribution in [2.45, 2.75) is 20.8 Å². The van der Waals surface area contributed by atoms with Crippen LogP contribution in [0.5, 0.6) is 0 Å². The van der Waals surface area contributed by atoms with Crippen LogP contribution < -0.4 is 5.43 Å². The van der Waals surface area contributed by atoms with E-state index in [1.165, 1.54) is 11.3 Å². The van der Waals surface area contributed by atoms with Crippen LogP contribution in [-0.4, -0.2) is 15.2 Å². The Morgan fingerprint density at radius 3 is 2.57 bits per heavy atom. The van der Waals surface area contributed by atoms with Gasteiger partial charge in [0.25, 0.3) is 0 Å². The summed E-state index contributed by atoms with van der Waals surface area (Å²) in [5.74, 6) is 0.532. The third-order valence-electron chi connectivity index (χ3n) is 2.10. The summed E-state index contributed by atoms with van der Waals surface area (Å²) < 4.78 is 0. The first-order valence-corrected chi connectivity index (χ1v) is 5.02. The third-order valence-corrected chi connectivity index (χ3v) is 3.18.